The normalized spacial score (nSPS) is 16.7. The van der Waals surface area contributed by atoms with Gasteiger partial charge in [0.1, 0.15) is 6.61 Å². The van der Waals surface area contributed by atoms with E-state index in [4.69, 9.17) is 16.3 Å². The Kier molecular flexibility index (Phi) is 5.16. The number of ether oxygens (including phenoxy) is 1. The molecule has 0 bridgehead atoms. The molecule has 2 amide bonds. The van der Waals surface area contributed by atoms with E-state index in [1.165, 1.54) is 6.08 Å². The van der Waals surface area contributed by atoms with Crippen LogP contribution in [0, 0.1) is 0 Å². The van der Waals surface area contributed by atoms with E-state index in [0.717, 1.165) is 18.3 Å². The highest BCUT2D eigenvalue weighted by atomic mass is 35.5. The molecule has 7 nitrogen and oxygen atoms in total. The molecule has 112 valence electrons. The van der Waals surface area contributed by atoms with E-state index >= 15 is 0 Å². The van der Waals surface area contributed by atoms with E-state index in [2.05, 4.69) is 15.3 Å². The summed E-state index contributed by atoms with van der Waals surface area (Å²) in [6, 6.07) is 1.56. The van der Waals surface area contributed by atoms with Gasteiger partial charge < -0.3 is 9.64 Å². The van der Waals surface area contributed by atoms with E-state index in [1.807, 2.05) is 19.0 Å². The Labute approximate surface area is 130 Å². The van der Waals surface area contributed by atoms with Crippen LogP contribution in [0.4, 0.5) is 4.79 Å². The quantitative estimate of drug-likeness (QED) is 0.646. The van der Waals surface area contributed by atoms with Crippen molar-refractivity contribution in [3.8, 4) is 5.88 Å². The molecule has 21 heavy (non-hydrogen) atoms. The molecule has 1 N–H and O–H groups in total. The third kappa shape index (κ3) is 4.69. The van der Waals surface area contributed by atoms with Crippen molar-refractivity contribution in [2.24, 2.45) is 0 Å². The summed E-state index contributed by atoms with van der Waals surface area (Å²) >= 11 is 6.64. The van der Waals surface area contributed by atoms with Crippen molar-refractivity contribution in [2.75, 3.05) is 27.2 Å². The zero-order valence-electron chi connectivity index (χ0n) is 11.4. The third-order valence-electron chi connectivity index (χ3n) is 2.40. The number of nitrogens with one attached hydrogen (secondary N) is 1. The van der Waals surface area contributed by atoms with Gasteiger partial charge in [-0.3, -0.25) is 14.9 Å². The van der Waals surface area contributed by atoms with Crippen molar-refractivity contribution < 1.29 is 14.3 Å². The number of carbonyl (C=O) groups excluding carboxylic acids is 2. The number of amides is 2. The van der Waals surface area contributed by atoms with Crippen LogP contribution in [-0.2, 0) is 4.79 Å². The minimum absolute atomic E-state index is 0.0129. The van der Waals surface area contributed by atoms with Gasteiger partial charge in [0, 0.05) is 12.6 Å². The summed E-state index contributed by atoms with van der Waals surface area (Å²) in [5, 5.41) is 1.77. The molecule has 0 unspecified atom stereocenters. The summed E-state index contributed by atoms with van der Waals surface area (Å²) in [5.74, 6) is -0.131. The molecule has 1 fully saturated rings. The van der Waals surface area contributed by atoms with Crippen LogP contribution in [0.3, 0.4) is 0 Å². The van der Waals surface area contributed by atoms with Crippen LogP contribution in [0.2, 0.25) is 5.28 Å². The summed E-state index contributed by atoms with van der Waals surface area (Å²) in [7, 11) is 3.86. The molecule has 0 atom stereocenters. The van der Waals surface area contributed by atoms with Crippen LogP contribution in [0.1, 0.15) is 5.69 Å². The molecule has 0 aliphatic carbocycles. The van der Waals surface area contributed by atoms with Gasteiger partial charge in [0.25, 0.3) is 11.1 Å². The number of halogens is 1. The Hall–Kier alpha value is -1.64. The monoisotopic (exact) mass is 328 g/mol. The van der Waals surface area contributed by atoms with Crippen LogP contribution < -0.4 is 10.1 Å². The Bertz CT molecular complexity index is 606. The Morgan fingerprint density at radius 3 is 2.81 bits per heavy atom. The Morgan fingerprint density at radius 2 is 2.19 bits per heavy atom. The second-order valence-corrected chi connectivity index (χ2v) is 5.76. The minimum atomic E-state index is -0.449. The Balaban J connectivity index is 2.13. The molecule has 1 aliphatic rings. The van der Waals surface area contributed by atoms with Gasteiger partial charge in [0.2, 0.25) is 11.2 Å². The molecule has 0 saturated carbocycles. The number of rotatable bonds is 5. The van der Waals surface area contributed by atoms with Gasteiger partial charge in [-0.05, 0) is 43.5 Å². The van der Waals surface area contributed by atoms with Crippen LogP contribution in [0.25, 0.3) is 6.08 Å². The van der Waals surface area contributed by atoms with Crippen molar-refractivity contribution in [1.82, 2.24) is 20.2 Å². The fourth-order valence-corrected chi connectivity index (χ4v) is 2.30. The standard InChI is InChI=1S/C12H13ClN4O3S/c1-17(2)3-4-20-9-6-7(14-11(13)15-9)5-8-10(18)16-12(19)21-8/h5-6H,3-4H2,1-2H3,(H,16,18,19). The fourth-order valence-electron chi connectivity index (χ4n) is 1.45. The average Bonchev–Trinajstić information content (AvgIpc) is 2.66. The first-order valence-corrected chi connectivity index (χ1v) is 7.20. The molecule has 0 radical (unpaired) electrons. The van der Waals surface area contributed by atoms with Crippen LogP contribution >= 0.6 is 23.4 Å². The highest BCUT2D eigenvalue weighted by Gasteiger charge is 2.25. The maximum Gasteiger partial charge on any atom is 0.290 e. The zero-order chi connectivity index (χ0) is 15.4. The molecular weight excluding hydrogens is 316 g/mol. The fraction of sp³-hybridized carbons (Fsp3) is 0.333. The van der Waals surface area contributed by atoms with Crippen LogP contribution in [-0.4, -0.2) is 53.3 Å². The molecule has 2 rings (SSSR count). The molecule has 9 heteroatoms. The Morgan fingerprint density at radius 1 is 1.43 bits per heavy atom. The molecular formula is C12H13ClN4O3S. The van der Waals surface area contributed by atoms with E-state index in [-0.39, 0.29) is 10.2 Å². The predicted octanol–water partition coefficient (Wildman–Crippen LogP) is 1.39. The van der Waals surface area contributed by atoms with Crippen LogP contribution in [0.5, 0.6) is 5.88 Å². The van der Waals surface area contributed by atoms with Crippen LogP contribution in [0.15, 0.2) is 11.0 Å². The highest BCUT2D eigenvalue weighted by Crippen LogP contribution is 2.26. The first-order chi connectivity index (χ1) is 9.94. The number of hydrogen-bond acceptors (Lipinski definition) is 7. The van der Waals surface area contributed by atoms with Crippen molar-refractivity contribution in [2.45, 2.75) is 0 Å². The van der Waals surface area contributed by atoms with Gasteiger partial charge in [-0.15, -0.1) is 0 Å². The minimum Gasteiger partial charge on any atom is -0.476 e. The number of hydrogen-bond donors (Lipinski definition) is 1. The lowest BCUT2D eigenvalue weighted by molar-refractivity contribution is -0.115. The number of aromatic nitrogens is 2. The van der Waals surface area contributed by atoms with E-state index < -0.39 is 11.1 Å². The molecule has 1 aliphatic heterocycles. The van der Waals surface area contributed by atoms with Gasteiger partial charge in [0.15, 0.2) is 0 Å². The summed E-state index contributed by atoms with van der Waals surface area (Å²) < 4.78 is 5.47. The smallest absolute Gasteiger partial charge is 0.290 e. The van der Waals surface area contributed by atoms with Crippen molar-refractivity contribution in [3.05, 3.63) is 21.9 Å². The lowest BCUT2D eigenvalue weighted by Gasteiger charge is -2.10. The summed E-state index contributed by atoms with van der Waals surface area (Å²) in [6.45, 7) is 1.18. The third-order valence-corrected chi connectivity index (χ3v) is 3.38. The van der Waals surface area contributed by atoms with Gasteiger partial charge in [0.05, 0.1) is 10.6 Å². The molecule has 0 spiro atoms. The second kappa shape index (κ2) is 6.88. The number of carbonyl (C=O) groups is 2. The predicted molar refractivity (Wildman–Crippen MR) is 80.2 cm³/mol. The molecule has 1 aromatic rings. The highest BCUT2D eigenvalue weighted by molar-refractivity contribution is 8.18. The van der Waals surface area contributed by atoms with E-state index in [1.54, 1.807) is 6.07 Å². The summed E-state index contributed by atoms with van der Waals surface area (Å²) in [5.41, 5.74) is 0.405. The first-order valence-electron chi connectivity index (χ1n) is 6.01. The van der Waals surface area contributed by atoms with Gasteiger partial charge >= 0.3 is 0 Å². The maximum absolute atomic E-state index is 11.5. The van der Waals surface area contributed by atoms with Crippen molar-refractivity contribution >= 4 is 40.6 Å². The molecule has 1 aromatic heterocycles. The van der Waals surface area contributed by atoms with E-state index in [9.17, 15) is 9.59 Å². The van der Waals surface area contributed by atoms with E-state index in [0.29, 0.717) is 18.2 Å². The lowest BCUT2D eigenvalue weighted by atomic mass is 10.3. The summed E-state index contributed by atoms with van der Waals surface area (Å²) in [4.78, 5) is 32.7. The lowest BCUT2D eigenvalue weighted by Crippen LogP contribution is -2.19. The van der Waals surface area contributed by atoms with Gasteiger partial charge in [-0.2, -0.15) is 4.98 Å². The number of likely N-dealkylation sites (N-methyl/N-ethyl adjacent to an activating group) is 1. The topological polar surface area (TPSA) is 84.4 Å². The first kappa shape index (κ1) is 15.7. The van der Waals surface area contributed by atoms with Gasteiger partial charge in [-0.25, -0.2) is 4.98 Å². The second-order valence-electron chi connectivity index (χ2n) is 4.40. The number of nitrogens with zero attached hydrogens (tertiary/aromatic N) is 3. The molecule has 0 aromatic carbocycles. The zero-order valence-corrected chi connectivity index (χ0v) is 13.0. The van der Waals surface area contributed by atoms with Crippen molar-refractivity contribution in [3.63, 3.8) is 0 Å². The number of imide groups is 1. The maximum atomic E-state index is 11.5. The largest absolute Gasteiger partial charge is 0.476 e. The molecule has 2 heterocycles. The average molecular weight is 329 g/mol. The molecule has 1 saturated heterocycles. The summed E-state index contributed by atoms with van der Waals surface area (Å²) in [6.07, 6.45) is 1.47. The number of thioether (sulfide) groups is 1. The van der Waals surface area contributed by atoms with Crippen molar-refractivity contribution in [1.29, 1.82) is 0 Å². The van der Waals surface area contributed by atoms with Gasteiger partial charge in [-0.1, -0.05) is 0 Å². The SMILES string of the molecule is CN(C)CCOc1cc(C=C2SC(=O)NC2=O)nc(Cl)n1.